The van der Waals surface area contributed by atoms with Crippen molar-refractivity contribution in [2.24, 2.45) is 0 Å². The molecule has 0 bridgehead atoms. The summed E-state index contributed by atoms with van der Waals surface area (Å²) in [7, 11) is 0. The van der Waals surface area contributed by atoms with E-state index in [0.29, 0.717) is 39.8 Å². The third-order valence-corrected chi connectivity index (χ3v) is 4.65. The van der Waals surface area contributed by atoms with Crippen molar-refractivity contribution >= 4 is 39.1 Å². The van der Waals surface area contributed by atoms with Gasteiger partial charge in [0, 0.05) is 15.6 Å². The van der Waals surface area contributed by atoms with E-state index in [1.807, 2.05) is 0 Å². The molecule has 0 aromatic heterocycles. The maximum absolute atomic E-state index is 13.2. The van der Waals surface area contributed by atoms with Gasteiger partial charge >= 0.3 is 0 Å². The van der Waals surface area contributed by atoms with Crippen LogP contribution in [0.1, 0.15) is 16.5 Å². The number of alkyl halides is 1. The standard InChI is InChI=1S/C15H10BrCl2FO2/c16-11-5-8(19)1-2-9(11)15(18)10-6-13-14(7-12(10)17)21-4-3-20-13/h1-2,5-7,15H,3-4H2. The number of halogens is 4. The number of ether oxygens (including phenoxy) is 2. The minimum atomic E-state index is -0.525. The van der Waals surface area contributed by atoms with Gasteiger partial charge in [-0.15, -0.1) is 11.6 Å². The summed E-state index contributed by atoms with van der Waals surface area (Å²) in [6.45, 7) is 0.984. The molecule has 110 valence electrons. The Morgan fingerprint density at radius 1 is 1.05 bits per heavy atom. The van der Waals surface area contributed by atoms with Gasteiger partial charge in [-0.05, 0) is 29.3 Å². The van der Waals surface area contributed by atoms with Gasteiger partial charge in [0.2, 0.25) is 0 Å². The van der Waals surface area contributed by atoms with E-state index in [0.717, 1.165) is 5.56 Å². The van der Waals surface area contributed by atoms with E-state index in [2.05, 4.69) is 15.9 Å². The molecule has 0 N–H and O–H groups in total. The normalized spacial score (nSPS) is 14.9. The Kier molecular flexibility index (Phi) is 4.29. The summed E-state index contributed by atoms with van der Waals surface area (Å²) in [6.07, 6.45) is 0. The van der Waals surface area contributed by atoms with Crippen LogP contribution < -0.4 is 9.47 Å². The summed E-state index contributed by atoms with van der Waals surface area (Å²) >= 11 is 16.1. The lowest BCUT2D eigenvalue weighted by atomic mass is 10.0. The monoisotopic (exact) mass is 390 g/mol. The van der Waals surface area contributed by atoms with Gasteiger partial charge in [-0.2, -0.15) is 0 Å². The highest BCUT2D eigenvalue weighted by Gasteiger charge is 2.22. The average molecular weight is 392 g/mol. The molecule has 0 spiro atoms. The second-order valence-electron chi connectivity index (χ2n) is 4.55. The van der Waals surface area contributed by atoms with Crippen LogP contribution in [0, 0.1) is 5.82 Å². The van der Waals surface area contributed by atoms with E-state index in [1.165, 1.54) is 12.1 Å². The van der Waals surface area contributed by atoms with Gasteiger partial charge in [0.15, 0.2) is 11.5 Å². The van der Waals surface area contributed by atoms with Crippen LogP contribution in [0.3, 0.4) is 0 Å². The second kappa shape index (κ2) is 6.03. The molecule has 0 fully saturated rings. The number of rotatable bonds is 2. The highest BCUT2D eigenvalue weighted by atomic mass is 79.9. The summed E-state index contributed by atoms with van der Waals surface area (Å²) in [4.78, 5) is 0. The first kappa shape index (κ1) is 14.9. The average Bonchev–Trinajstić information content (AvgIpc) is 2.46. The van der Waals surface area contributed by atoms with Gasteiger partial charge < -0.3 is 9.47 Å². The summed E-state index contributed by atoms with van der Waals surface area (Å²) in [5.41, 5.74) is 1.42. The predicted molar refractivity (Wildman–Crippen MR) is 84.2 cm³/mol. The van der Waals surface area contributed by atoms with Crippen molar-refractivity contribution in [3.05, 3.63) is 56.8 Å². The van der Waals surface area contributed by atoms with Crippen LogP contribution in [0.25, 0.3) is 0 Å². The van der Waals surface area contributed by atoms with Crippen molar-refractivity contribution in [1.29, 1.82) is 0 Å². The largest absolute Gasteiger partial charge is 0.486 e. The molecule has 2 nitrogen and oxygen atoms in total. The SMILES string of the molecule is Fc1ccc(C(Cl)c2cc3c(cc2Cl)OCCO3)c(Br)c1. The lowest BCUT2D eigenvalue weighted by molar-refractivity contribution is 0.171. The fourth-order valence-electron chi connectivity index (χ4n) is 2.15. The summed E-state index contributed by atoms with van der Waals surface area (Å²) in [6, 6.07) is 7.82. The lowest BCUT2D eigenvalue weighted by Gasteiger charge is -2.21. The van der Waals surface area contributed by atoms with Gasteiger partial charge in [0.1, 0.15) is 19.0 Å². The molecule has 1 unspecified atom stereocenters. The van der Waals surface area contributed by atoms with Crippen molar-refractivity contribution in [2.75, 3.05) is 13.2 Å². The van der Waals surface area contributed by atoms with Crippen LogP contribution >= 0.6 is 39.1 Å². The van der Waals surface area contributed by atoms with E-state index >= 15 is 0 Å². The Morgan fingerprint density at radius 3 is 2.38 bits per heavy atom. The van der Waals surface area contributed by atoms with E-state index in [1.54, 1.807) is 18.2 Å². The first-order chi connectivity index (χ1) is 10.1. The van der Waals surface area contributed by atoms with Gasteiger partial charge in [-0.3, -0.25) is 0 Å². The molecule has 3 rings (SSSR count). The zero-order chi connectivity index (χ0) is 15.0. The van der Waals surface area contributed by atoms with E-state index < -0.39 is 5.38 Å². The molecule has 0 saturated carbocycles. The molecule has 6 heteroatoms. The molecule has 0 aliphatic carbocycles. The van der Waals surface area contributed by atoms with Crippen LogP contribution in [-0.4, -0.2) is 13.2 Å². The zero-order valence-corrected chi connectivity index (χ0v) is 13.8. The van der Waals surface area contributed by atoms with Gasteiger partial charge in [-0.1, -0.05) is 33.6 Å². The van der Waals surface area contributed by atoms with Crippen molar-refractivity contribution in [1.82, 2.24) is 0 Å². The van der Waals surface area contributed by atoms with Crippen molar-refractivity contribution in [3.8, 4) is 11.5 Å². The van der Waals surface area contributed by atoms with E-state index in [4.69, 9.17) is 32.7 Å². The Balaban J connectivity index is 2.03. The highest BCUT2D eigenvalue weighted by molar-refractivity contribution is 9.10. The number of hydrogen-bond acceptors (Lipinski definition) is 2. The molecule has 0 amide bonds. The summed E-state index contributed by atoms with van der Waals surface area (Å²) < 4.78 is 24.8. The first-order valence-corrected chi connectivity index (χ1v) is 7.85. The maximum Gasteiger partial charge on any atom is 0.162 e. The van der Waals surface area contributed by atoms with Crippen molar-refractivity contribution in [3.63, 3.8) is 0 Å². The molecule has 2 aromatic rings. The fraction of sp³-hybridized carbons (Fsp3) is 0.200. The quantitative estimate of drug-likeness (QED) is 0.643. The Labute approximate surface area is 139 Å². The minimum absolute atomic E-state index is 0.331. The molecular formula is C15H10BrCl2FO2. The van der Waals surface area contributed by atoms with Crippen LogP contribution in [0.2, 0.25) is 5.02 Å². The van der Waals surface area contributed by atoms with Crippen molar-refractivity contribution < 1.29 is 13.9 Å². The Morgan fingerprint density at radius 2 is 1.71 bits per heavy atom. The highest BCUT2D eigenvalue weighted by Crippen LogP contribution is 2.43. The predicted octanol–water partition coefficient (Wildman–Crippen LogP) is 5.34. The van der Waals surface area contributed by atoms with Crippen molar-refractivity contribution in [2.45, 2.75) is 5.38 Å². The molecular weight excluding hydrogens is 382 g/mol. The smallest absolute Gasteiger partial charge is 0.162 e. The third-order valence-electron chi connectivity index (χ3n) is 3.17. The van der Waals surface area contributed by atoms with E-state index in [-0.39, 0.29) is 5.82 Å². The Hall–Kier alpha value is -0.970. The van der Waals surface area contributed by atoms with Gasteiger partial charge in [0.25, 0.3) is 0 Å². The molecule has 1 aliphatic rings. The van der Waals surface area contributed by atoms with Crippen LogP contribution in [0.15, 0.2) is 34.8 Å². The van der Waals surface area contributed by atoms with Crippen LogP contribution in [0.4, 0.5) is 4.39 Å². The summed E-state index contributed by atoms with van der Waals surface area (Å²) in [5.74, 6) is 0.893. The molecule has 0 radical (unpaired) electrons. The van der Waals surface area contributed by atoms with Crippen LogP contribution in [-0.2, 0) is 0 Å². The molecule has 1 heterocycles. The van der Waals surface area contributed by atoms with Crippen LogP contribution in [0.5, 0.6) is 11.5 Å². The van der Waals surface area contributed by atoms with Gasteiger partial charge in [-0.25, -0.2) is 4.39 Å². The fourth-order valence-corrected chi connectivity index (χ4v) is 3.55. The van der Waals surface area contributed by atoms with Gasteiger partial charge in [0.05, 0.1) is 5.38 Å². The molecule has 0 saturated heterocycles. The lowest BCUT2D eigenvalue weighted by Crippen LogP contribution is -2.15. The second-order valence-corrected chi connectivity index (χ2v) is 6.24. The summed E-state index contributed by atoms with van der Waals surface area (Å²) in [5, 5.41) is -0.0428. The maximum atomic E-state index is 13.2. The Bertz CT molecular complexity index is 694. The molecule has 2 aromatic carbocycles. The number of hydrogen-bond donors (Lipinski definition) is 0. The number of fused-ring (bicyclic) bond motifs is 1. The molecule has 21 heavy (non-hydrogen) atoms. The molecule has 1 atom stereocenters. The van der Waals surface area contributed by atoms with E-state index in [9.17, 15) is 4.39 Å². The number of benzene rings is 2. The first-order valence-electron chi connectivity index (χ1n) is 6.24. The topological polar surface area (TPSA) is 18.5 Å². The third kappa shape index (κ3) is 2.98. The zero-order valence-electron chi connectivity index (χ0n) is 10.7. The minimum Gasteiger partial charge on any atom is -0.486 e. The molecule has 1 aliphatic heterocycles.